The highest BCUT2D eigenvalue weighted by molar-refractivity contribution is 7.89. The van der Waals surface area contributed by atoms with Gasteiger partial charge in [0.05, 0.1) is 23.7 Å². The van der Waals surface area contributed by atoms with Gasteiger partial charge < -0.3 is 14.4 Å². The highest BCUT2D eigenvalue weighted by Crippen LogP contribution is 2.25. The third kappa shape index (κ3) is 4.13. The Labute approximate surface area is 148 Å². The van der Waals surface area contributed by atoms with Gasteiger partial charge in [0.15, 0.2) is 0 Å². The number of carbonyl (C=O) groups excluding carboxylic acids is 1. The lowest BCUT2D eigenvalue weighted by molar-refractivity contribution is 0.0789. The molecule has 0 bridgehead atoms. The number of amides is 1. The highest BCUT2D eigenvalue weighted by Gasteiger charge is 2.26. The first-order chi connectivity index (χ1) is 12.0. The number of ether oxygens (including phenoxy) is 2. The average Bonchev–Trinajstić information content (AvgIpc) is 3.32. The standard InChI is InChI=1S/C17H24N2O5S/c1-23-16-7-6-14(11-15(16)17(20)19-8-2-3-9-19)25(21,22)18-12-13-5-4-10-24-13/h6-7,11,13,18H,2-5,8-10,12H2,1H3/t13-/m0/s1. The van der Waals surface area contributed by atoms with E-state index in [9.17, 15) is 13.2 Å². The van der Waals surface area contributed by atoms with Crippen LogP contribution >= 0.6 is 0 Å². The van der Waals surface area contributed by atoms with Crippen molar-refractivity contribution in [2.75, 3.05) is 33.4 Å². The predicted molar refractivity (Wildman–Crippen MR) is 92.3 cm³/mol. The number of sulfonamides is 1. The number of nitrogens with zero attached hydrogens (tertiary/aromatic N) is 1. The van der Waals surface area contributed by atoms with Gasteiger partial charge in [-0.3, -0.25) is 4.79 Å². The van der Waals surface area contributed by atoms with Crippen molar-refractivity contribution < 1.29 is 22.7 Å². The van der Waals surface area contributed by atoms with Crippen molar-refractivity contribution in [3.05, 3.63) is 23.8 Å². The van der Waals surface area contributed by atoms with E-state index < -0.39 is 10.0 Å². The van der Waals surface area contributed by atoms with Gasteiger partial charge in [-0.05, 0) is 43.9 Å². The normalized spacial score (nSPS) is 20.8. The van der Waals surface area contributed by atoms with Crippen LogP contribution in [0.5, 0.6) is 5.75 Å². The van der Waals surface area contributed by atoms with E-state index in [-0.39, 0.29) is 29.0 Å². The first-order valence-electron chi connectivity index (χ1n) is 8.60. The van der Waals surface area contributed by atoms with Crippen LogP contribution in [0.2, 0.25) is 0 Å². The molecule has 2 saturated heterocycles. The second kappa shape index (κ2) is 7.72. The lowest BCUT2D eigenvalue weighted by atomic mass is 10.1. The zero-order valence-corrected chi connectivity index (χ0v) is 15.2. The summed E-state index contributed by atoms with van der Waals surface area (Å²) in [5.74, 6) is 0.195. The van der Waals surface area contributed by atoms with E-state index in [1.165, 1.54) is 25.3 Å². The van der Waals surface area contributed by atoms with Gasteiger partial charge in [-0.1, -0.05) is 0 Å². The van der Waals surface area contributed by atoms with Crippen molar-refractivity contribution in [3.8, 4) is 5.75 Å². The topological polar surface area (TPSA) is 84.9 Å². The van der Waals surface area contributed by atoms with Crippen LogP contribution in [0.25, 0.3) is 0 Å². The molecule has 138 valence electrons. The largest absolute Gasteiger partial charge is 0.496 e. The Hall–Kier alpha value is -1.64. The first kappa shape index (κ1) is 18.2. The summed E-state index contributed by atoms with van der Waals surface area (Å²) in [4.78, 5) is 14.5. The molecule has 0 saturated carbocycles. The van der Waals surface area contributed by atoms with Crippen LogP contribution < -0.4 is 9.46 Å². The summed E-state index contributed by atoms with van der Waals surface area (Å²) in [5.41, 5.74) is 0.282. The zero-order chi connectivity index (χ0) is 17.9. The molecule has 25 heavy (non-hydrogen) atoms. The second-order valence-corrected chi connectivity index (χ2v) is 8.12. The van der Waals surface area contributed by atoms with Gasteiger partial charge in [-0.15, -0.1) is 0 Å². The lowest BCUT2D eigenvalue weighted by Gasteiger charge is -2.18. The molecule has 0 unspecified atom stereocenters. The summed E-state index contributed by atoms with van der Waals surface area (Å²) in [6.07, 6.45) is 3.65. The molecule has 1 aromatic carbocycles. The van der Waals surface area contributed by atoms with Gasteiger partial charge in [0.25, 0.3) is 5.91 Å². The van der Waals surface area contributed by atoms with Crippen LogP contribution in [0.15, 0.2) is 23.1 Å². The van der Waals surface area contributed by atoms with E-state index >= 15 is 0 Å². The Kier molecular flexibility index (Phi) is 5.61. The number of hydrogen-bond acceptors (Lipinski definition) is 5. The molecular formula is C17H24N2O5S. The van der Waals surface area contributed by atoms with Crippen LogP contribution in [0.4, 0.5) is 0 Å². The monoisotopic (exact) mass is 368 g/mol. The maximum atomic E-state index is 12.7. The Morgan fingerprint density at radius 2 is 2.08 bits per heavy atom. The Morgan fingerprint density at radius 3 is 2.72 bits per heavy atom. The molecule has 7 nitrogen and oxygen atoms in total. The van der Waals surface area contributed by atoms with E-state index in [0.717, 1.165) is 25.7 Å². The van der Waals surface area contributed by atoms with Crippen LogP contribution in [0, 0.1) is 0 Å². The number of nitrogens with one attached hydrogen (secondary N) is 1. The summed E-state index contributed by atoms with van der Waals surface area (Å²) in [6, 6.07) is 4.39. The number of benzene rings is 1. The van der Waals surface area contributed by atoms with Crippen molar-refractivity contribution in [3.63, 3.8) is 0 Å². The Bertz CT molecular complexity index is 723. The van der Waals surface area contributed by atoms with Crippen LogP contribution in [-0.4, -0.2) is 58.7 Å². The fourth-order valence-electron chi connectivity index (χ4n) is 3.20. The Balaban J connectivity index is 1.80. The maximum absolute atomic E-state index is 12.7. The fourth-order valence-corrected chi connectivity index (χ4v) is 4.30. The van der Waals surface area contributed by atoms with E-state index in [1.807, 2.05) is 0 Å². The number of methoxy groups -OCH3 is 1. The maximum Gasteiger partial charge on any atom is 0.257 e. The molecule has 2 fully saturated rings. The van der Waals surface area contributed by atoms with E-state index in [0.29, 0.717) is 25.4 Å². The molecular weight excluding hydrogens is 344 g/mol. The van der Waals surface area contributed by atoms with Crippen molar-refractivity contribution in [1.29, 1.82) is 0 Å². The Morgan fingerprint density at radius 1 is 1.32 bits per heavy atom. The third-order valence-electron chi connectivity index (χ3n) is 4.63. The molecule has 1 N–H and O–H groups in total. The van der Waals surface area contributed by atoms with Crippen LogP contribution in [0.3, 0.4) is 0 Å². The SMILES string of the molecule is COc1ccc(S(=O)(=O)NC[C@@H]2CCCO2)cc1C(=O)N1CCCC1. The smallest absolute Gasteiger partial charge is 0.257 e. The van der Waals surface area contributed by atoms with E-state index in [2.05, 4.69) is 4.72 Å². The van der Waals surface area contributed by atoms with Gasteiger partial charge in [0.1, 0.15) is 5.75 Å². The van der Waals surface area contributed by atoms with Crippen LogP contribution in [-0.2, 0) is 14.8 Å². The second-order valence-electron chi connectivity index (χ2n) is 6.35. The lowest BCUT2D eigenvalue weighted by Crippen LogP contribution is -2.32. The molecule has 2 aliphatic rings. The van der Waals surface area contributed by atoms with Gasteiger partial charge in [-0.2, -0.15) is 0 Å². The molecule has 0 spiro atoms. The molecule has 1 amide bonds. The summed E-state index contributed by atoms with van der Waals surface area (Å²) in [6.45, 7) is 2.29. The van der Waals surface area contributed by atoms with Crippen LogP contribution in [0.1, 0.15) is 36.0 Å². The molecule has 0 radical (unpaired) electrons. The molecule has 3 rings (SSSR count). The van der Waals surface area contributed by atoms with Crippen molar-refractivity contribution in [1.82, 2.24) is 9.62 Å². The van der Waals surface area contributed by atoms with Gasteiger partial charge in [-0.25, -0.2) is 13.1 Å². The molecule has 0 aliphatic carbocycles. The minimum absolute atomic E-state index is 0.0637. The summed E-state index contributed by atoms with van der Waals surface area (Å²) < 4.78 is 38.4. The van der Waals surface area contributed by atoms with Gasteiger partial charge in [0.2, 0.25) is 10.0 Å². The molecule has 2 aliphatic heterocycles. The molecule has 8 heteroatoms. The number of rotatable bonds is 6. The zero-order valence-electron chi connectivity index (χ0n) is 14.4. The van der Waals surface area contributed by atoms with Crippen molar-refractivity contribution in [2.45, 2.75) is 36.7 Å². The highest BCUT2D eigenvalue weighted by atomic mass is 32.2. The number of likely N-dealkylation sites (tertiary alicyclic amines) is 1. The number of hydrogen-bond donors (Lipinski definition) is 1. The summed E-state index contributed by atoms with van der Waals surface area (Å²) >= 11 is 0. The van der Waals surface area contributed by atoms with Crippen molar-refractivity contribution >= 4 is 15.9 Å². The molecule has 1 atom stereocenters. The van der Waals surface area contributed by atoms with Gasteiger partial charge in [0, 0.05) is 26.2 Å². The quantitative estimate of drug-likeness (QED) is 0.820. The van der Waals surface area contributed by atoms with E-state index in [1.54, 1.807) is 4.90 Å². The minimum Gasteiger partial charge on any atom is -0.496 e. The average molecular weight is 368 g/mol. The van der Waals surface area contributed by atoms with Crippen molar-refractivity contribution in [2.24, 2.45) is 0 Å². The first-order valence-corrected chi connectivity index (χ1v) is 10.1. The molecule has 2 heterocycles. The van der Waals surface area contributed by atoms with E-state index in [4.69, 9.17) is 9.47 Å². The van der Waals surface area contributed by atoms with Gasteiger partial charge >= 0.3 is 0 Å². The fraction of sp³-hybridized carbons (Fsp3) is 0.588. The number of carbonyl (C=O) groups is 1. The minimum atomic E-state index is -3.71. The molecule has 0 aromatic heterocycles. The predicted octanol–water partition coefficient (Wildman–Crippen LogP) is 1.39. The molecule has 1 aromatic rings. The summed E-state index contributed by atoms with van der Waals surface area (Å²) in [5, 5.41) is 0. The third-order valence-corrected chi connectivity index (χ3v) is 6.05. The summed E-state index contributed by atoms with van der Waals surface area (Å²) in [7, 11) is -2.24.